The number of carbonyl (C=O) groups excluding carboxylic acids is 1. The van der Waals surface area contributed by atoms with E-state index in [1.807, 2.05) is 18.2 Å². The van der Waals surface area contributed by atoms with Gasteiger partial charge in [0.2, 0.25) is 0 Å². The van der Waals surface area contributed by atoms with Crippen molar-refractivity contribution in [3.05, 3.63) is 35.5 Å². The van der Waals surface area contributed by atoms with Crippen LogP contribution >= 0.6 is 11.6 Å². The molecular formula is C11H10ClNO2. The molecule has 0 fully saturated rings. The van der Waals surface area contributed by atoms with Gasteiger partial charge in [-0.1, -0.05) is 12.1 Å². The van der Waals surface area contributed by atoms with Gasteiger partial charge in [0.1, 0.15) is 5.69 Å². The van der Waals surface area contributed by atoms with E-state index >= 15 is 0 Å². The molecule has 0 amide bonds. The fourth-order valence-electron chi connectivity index (χ4n) is 1.48. The van der Waals surface area contributed by atoms with Gasteiger partial charge in [0.25, 0.3) is 0 Å². The largest absolute Gasteiger partial charge is 0.464 e. The molecule has 1 heterocycles. The normalized spacial score (nSPS) is 10.5. The van der Waals surface area contributed by atoms with Crippen molar-refractivity contribution >= 4 is 28.5 Å². The zero-order valence-corrected chi connectivity index (χ0v) is 8.97. The molecule has 0 aliphatic heterocycles. The Morgan fingerprint density at radius 3 is 2.93 bits per heavy atom. The summed E-state index contributed by atoms with van der Waals surface area (Å²) in [4.78, 5) is 14.2. The van der Waals surface area contributed by atoms with E-state index in [4.69, 9.17) is 11.6 Å². The molecule has 1 aromatic heterocycles. The molecule has 78 valence electrons. The maximum absolute atomic E-state index is 11.3. The van der Waals surface area contributed by atoms with Gasteiger partial charge < -0.3 is 9.72 Å². The Bertz CT molecular complexity index is 504. The van der Waals surface area contributed by atoms with Crippen molar-refractivity contribution in [2.24, 2.45) is 0 Å². The highest BCUT2D eigenvalue weighted by molar-refractivity contribution is 6.17. The first-order valence-electron chi connectivity index (χ1n) is 4.50. The number of nitrogens with one attached hydrogen (secondary N) is 1. The van der Waals surface area contributed by atoms with Gasteiger partial charge in [-0.25, -0.2) is 4.79 Å². The summed E-state index contributed by atoms with van der Waals surface area (Å²) >= 11 is 5.72. The quantitative estimate of drug-likeness (QED) is 0.628. The Morgan fingerprint density at radius 2 is 2.27 bits per heavy atom. The van der Waals surface area contributed by atoms with Crippen LogP contribution in [0.2, 0.25) is 0 Å². The zero-order valence-electron chi connectivity index (χ0n) is 8.21. The van der Waals surface area contributed by atoms with E-state index in [1.54, 1.807) is 6.07 Å². The Morgan fingerprint density at radius 1 is 1.47 bits per heavy atom. The molecule has 2 rings (SSSR count). The fourth-order valence-corrected chi connectivity index (χ4v) is 1.64. The predicted molar refractivity (Wildman–Crippen MR) is 59.2 cm³/mol. The molecule has 3 nitrogen and oxygen atoms in total. The highest BCUT2D eigenvalue weighted by Crippen LogP contribution is 2.18. The first-order chi connectivity index (χ1) is 7.24. The summed E-state index contributed by atoms with van der Waals surface area (Å²) in [6.07, 6.45) is 0. The first kappa shape index (κ1) is 10.1. The highest BCUT2D eigenvalue weighted by atomic mass is 35.5. The van der Waals surface area contributed by atoms with Crippen LogP contribution in [0.4, 0.5) is 0 Å². The van der Waals surface area contributed by atoms with Crippen LogP contribution in [0.5, 0.6) is 0 Å². The monoisotopic (exact) mass is 223 g/mol. The van der Waals surface area contributed by atoms with Crippen molar-refractivity contribution in [2.75, 3.05) is 7.11 Å². The van der Waals surface area contributed by atoms with Crippen LogP contribution in [0.25, 0.3) is 10.9 Å². The summed E-state index contributed by atoms with van der Waals surface area (Å²) in [5.41, 5.74) is 2.37. The van der Waals surface area contributed by atoms with Crippen molar-refractivity contribution in [1.82, 2.24) is 4.98 Å². The number of esters is 1. The molecule has 0 saturated heterocycles. The van der Waals surface area contributed by atoms with Gasteiger partial charge in [0.05, 0.1) is 7.11 Å². The second-order valence-electron chi connectivity index (χ2n) is 3.23. The van der Waals surface area contributed by atoms with Gasteiger partial charge in [-0.3, -0.25) is 0 Å². The number of aromatic nitrogens is 1. The summed E-state index contributed by atoms with van der Waals surface area (Å²) < 4.78 is 4.63. The molecular weight excluding hydrogens is 214 g/mol. The van der Waals surface area contributed by atoms with Crippen LogP contribution in [0, 0.1) is 0 Å². The second-order valence-corrected chi connectivity index (χ2v) is 3.50. The summed E-state index contributed by atoms with van der Waals surface area (Å²) in [5, 5.41) is 0.976. The van der Waals surface area contributed by atoms with Crippen molar-refractivity contribution in [1.29, 1.82) is 0 Å². The lowest BCUT2D eigenvalue weighted by molar-refractivity contribution is 0.0595. The number of rotatable bonds is 2. The molecule has 0 spiro atoms. The summed E-state index contributed by atoms with van der Waals surface area (Å²) in [6.45, 7) is 0. The lowest BCUT2D eigenvalue weighted by Crippen LogP contribution is -2.00. The van der Waals surface area contributed by atoms with Gasteiger partial charge >= 0.3 is 5.97 Å². The summed E-state index contributed by atoms with van der Waals surface area (Å²) in [5.74, 6) is 0.0984. The molecule has 0 aliphatic rings. The molecule has 0 unspecified atom stereocenters. The first-order valence-corrected chi connectivity index (χ1v) is 5.04. The number of hydrogen-bond acceptors (Lipinski definition) is 2. The number of H-pyrrole nitrogens is 1. The Labute approximate surface area is 92.0 Å². The van der Waals surface area contributed by atoms with E-state index in [2.05, 4.69) is 9.72 Å². The maximum Gasteiger partial charge on any atom is 0.354 e. The van der Waals surface area contributed by atoms with E-state index in [0.29, 0.717) is 11.6 Å². The summed E-state index contributed by atoms with van der Waals surface area (Å²) in [7, 11) is 1.36. The van der Waals surface area contributed by atoms with Crippen LogP contribution in [0.1, 0.15) is 16.1 Å². The number of aromatic amines is 1. The lowest BCUT2D eigenvalue weighted by Gasteiger charge is -1.94. The molecule has 15 heavy (non-hydrogen) atoms. The van der Waals surface area contributed by atoms with Crippen molar-refractivity contribution < 1.29 is 9.53 Å². The van der Waals surface area contributed by atoms with Gasteiger partial charge in [-0.2, -0.15) is 0 Å². The predicted octanol–water partition coefficient (Wildman–Crippen LogP) is 2.69. The smallest absolute Gasteiger partial charge is 0.354 e. The van der Waals surface area contributed by atoms with Crippen LogP contribution < -0.4 is 0 Å². The second kappa shape index (κ2) is 3.95. The van der Waals surface area contributed by atoms with Crippen LogP contribution in [-0.2, 0) is 10.6 Å². The fraction of sp³-hybridized carbons (Fsp3) is 0.182. The van der Waals surface area contributed by atoms with Gasteiger partial charge in [-0.05, 0) is 17.7 Å². The zero-order chi connectivity index (χ0) is 10.8. The third-order valence-electron chi connectivity index (χ3n) is 2.25. The van der Waals surface area contributed by atoms with Crippen LogP contribution in [-0.4, -0.2) is 18.1 Å². The van der Waals surface area contributed by atoms with Gasteiger partial charge in [-0.15, -0.1) is 11.6 Å². The number of benzene rings is 1. The topological polar surface area (TPSA) is 42.1 Å². The van der Waals surface area contributed by atoms with Gasteiger partial charge in [0.15, 0.2) is 0 Å². The molecule has 0 saturated carbocycles. The third kappa shape index (κ3) is 1.83. The minimum Gasteiger partial charge on any atom is -0.464 e. The Kier molecular flexibility index (Phi) is 2.64. The Balaban J connectivity index is 2.51. The molecule has 0 radical (unpaired) electrons. The number of fused-ring (bicyclic) bond motifs is 1. The number of carbonyl (C=O) groups is 1. The average molecular weight is 224 g/mol. The molecule has 0 aliphatic carbocycles. The molecule has 0 atom stereocenters. The maximum atomic E-state index is 11.3. The molecule has 0 bridgehead atoms. The van der Waals surface area contributed by atoms with Crippen molar-refractivity contribution in [3.63, 3.8) is 0 Å². The van der Waals surface area contributed by atoms with Crippen LogP contribution in [0.3, 0.4) is 0 Å². The minimum absolute atomic E-state index is 0.362. The number of halogens is 1. The highest BCUT2D eigenvalue weighted by Gasteiger charge is 2.09. The van der Waals surface area contributed by atoms with E-state index in [0.717, 1.165) is 16.5 Å². The van der Waals surface area contributed by atoms with E-state index < -0.39 is 0 Å². The molecule has 1 aromatic carbocycles. The standard InChI is InChI=1S/C11H10ClNO2/c1-15-11(14)10-5-8-3-2-7(6-12)4-9(8)13-10/h2-5,13H,6H2,1H3. The van der Waals surface area contributed by atoms with E-state index in [-0.39, 0.29) is 5.97 Å². The third-order valence-corrected chi connectivity index (χ3v) is 2.56. The number of alkyl halides is 1. The number of methoxy groups -OCH3 is 1. The number of hydrogen-bond donors (Lipinski definition) is 1. The van der Waals surface area contributed by atoms with Crippen molar-refractivity contribution in [2.45, 2.75) is 5.88 Å². The molecule has 4 heteroatoms. The lowest BCUT2D eigenvalue weighted by atomic mass is 10.2. The number of ether oxygens (including phenoxy) is 1. The minimum atomic E-state index is -0.362. The van der Waals surface area contributed by atoms with Crippen molar-refractivity contribution in [3.8, 4) is 0 Å². The van der Waals surface area contributed by atoms with E-state index in [9.17, 15) is 4.79 Å². The van der Waals surface area contributed by atoms with Gasteiger partial charge in [0, 0.05) is 16.8 Å². The van der Waals surface area contributed by atoms with E-state index in [1.165, 1.54) is 7.11 Å². The van der Waals surface area contributed by atoms with Crippen LogP contribution in [0.15, 0.2) is 24.3 Å². The average Bonchev–Trinajstić information content (AvgIpc) is 2.70. The molecule has 1 N–H and O–H groups in total. The SMILES string of the molecule is COC(=O)c1cc2ccc(CCl)cc2[nH]1. The molecule has 2 aromatic rings. The Hall–Kier alpha value is -1.48. The summed E-state index contributed by atoms with van der Waals surface area (Å²) in [6, 6.07) is 7.55.